The molecule has 1 aromatic rings. The van der Waals surface area contributed by atoms with Crippen LogP contribution < -0.4 is 11.5 Å². The lowest BCUT2D eigenvalue weighted by Crippen LogP contribution is -2.15. The van der Waals surface area contributed by atoms with E-state index in [1.807, 2.05) is 12.1 Å². The van der Waals surface area contributed by atoms with Crippen LogP contribution in [-0.2, 0) is 0 Å². The van der Waals surface area contributed by atoms with Crippen molar-refractivity contribution in [3.05, 3.63) is 23.8 Å². The van der Waals surface area contributed by atoms with Crippen LogP contribution in [0.2, 0.25) is 0 Å². The zero-order valence-corrected chi connectivity index (χ0v) is 10.1. The summed E-state index contributed by atoms with van der Waals surface area (Å²) in [5, 5.41) is 0. The first kappa shape index (κ1) is 11.9. The first-order chi connectivity index (χ1) is 6.93. The van der Waals surface area contributed by atoms with Gasteiger partial charge in [0.1, 0.15) is 0 Å². The minimum atomic E-state index is 0.505. The molecule has 0 saturated carbocycles. The molecule has 2 heteroatoms. The van der Waals surface area contributed by atoms with Gasteiger partial charge in [0.05, 0.1) is 0 Å². The van der Waals surface area contributed by atoms with Crippen molar-refractivity contribution in [3.8, 4) is 0 Å². The summed E-state index contributed by atoms with van der Waals surface area (Å²) < 4.78 is 0. The van der Waals surface area contributed by atoms with Gasteiger partial charge in [-0.25, -0.2) is 0 Å². The molecule has 0 amide bonds. The highest BCUT2D eigenvalue weighted by molar-refractivity contribution is 5.58. The molecule has 1 rings (SSSR count). The summed E-state index contributed by atoms with van der Waals surface area (Å²) in [6.07, 6.45) is 0. The number of benzene rings is 1. The molecular weight excluding hydrogens is 184 g/mol. The predicted molar refractivity (Wildman–Crippen MR) is 67.7 cm³/mol. The van der Waals surface area contributed by atoms with E-state index in [-0.39, 0.29) is 0 Å². The summed E-state index contributed by atoms with van der Waals surface area (Å²) in [5.41, 5.74) is 14.5. The zero-order chi connectivity index (χ0) is 11.6. The highest BCUT2D eigenvalue weighted by Crippen LogP contribution is 2.35. The topological polar surface area (TPSA) is 52.0 Å². The molecule has 84 valence electrons. The van der Waals surface area contributed by atoms with Gasteiger partial charge >= 0.3 is 0 Å². The Balaban J connectivity index is 3.12. The van der Waals surface area contributed by atoms with Crippen LogP contribution in [0.5, 0.6) is 0 Å². The zero-order valence-electron chi connectivity index (χ0n) is 10.1. The van der Waals surface area contributed by atoms with Gasteiger partial charge in [-0.05, 0) is 35.4 Å². The third-order valence-electron chi connectivity index (χ3n) is 2.91. The van der Waals surface area contributed by atoms with Crippen LogP contribution in [0.3, 0.4) is 0 Å². The van der Waals surface area contributed by atoms with Crippen LogP contribution in [0.15, 0.2) is 18.2 Å². The van der Waals surface area contributed by atoms with Crippen molar-refractivity contribution in [2.24, 2.45) is 11.8 Å². The summed E-state index contributed by atoms with van der Waals surface area (Å²) in [4.78, 5) is 0. The van der Waals surface area contributed by atoms with Gasteiger partial charge in [-0.3, -0.25) is 0 Å². The van der Waals surface area contributed by atoms with Crippen molar-refractivity contribution in [1.29, 1.82) is 0 Å². The highest BCUT2D eigenvalue weighted by atomic mass is 14.6. The third-order valence-corrected chi connectivity index (χ3v) is 2.91. The molecule has 0 aromatic heterocycles. The maximum Gasteiger partial charge on any atom is 0.0370 e. The Morgan fingerprint density at radius 2 is 1.47 bits per heavy atom. The molecule has 0 aliphatic rings. The summed E-state index contributed by atoms with van der Waals surface area (Å²) in [6, 6.07) is 5.85. The van der Waals surface area contributed by atoms with Gasteiger partial charge in [-0.2, -0.15) is 0 Å². The summed E-state index contributed by atoms with van der Waals surface area (Å²) >= 11 is 0. The van der Waals surface area contributed by atoms with E-state index in [0.29, 0.717) is 17.8 Å². The van der Waals surface area contributed by atoms with E-state index in [0.717, 1.165) is 11.4 Å². The van der Waals surface area contributed by atoms with E-state index in [4.69, 9.17) is 11.5 Å². The van der Waals surface area contributed by atoms with E-state index >= 15 is 0 Å². The first-order valence-corrected chi connectivity index (χ1v) is 5.58. The first-order valence-electron chi connectivity index (χ1n) is 5.58. The van der Waals surface area contributed by atoms with E-state index in [2.05, 4.69) is 33.8 Å². The van der Waals surface area contributed by atoms with Crippen molar-refractivity contribution in [3.63, 3.8) is 0 Å². The molecular formula is C13H22N2. The van der Waals surface area contributed by atoms with E-state index in [1.54, 1.807) is 0 Å². The number of anilines is 2. The molecule has 0 aliphatic carbocycles. The molecule has 0 unspecified atom stereocenters. The van der Waals surface area contributed by atoms with Gasteiger partial charge in [-0.1, -0.05) is 33.8 Å². The standard InChI is InChI=1S/C13H22N2/c1-8(2)13(9(3)4)11-6-5-10(14)7-12(11)15/h5-9,13H,14-15H2,1-4H3. The Kier molecular flexibility index (Phi) is 3.61. The largest absolute Gasteiger partial charge is 0.399 e. The van der Waals surface area contributed by atoms with Gasteiger partial charge in [0.2, 0.25) is 0 Å². The third kappa shape index (κ3) is 2.65. The van der Waals surface area contributed by atoms with Crippen molar-refractivity contribution in [2.75, 3.05) is 11.5 Å². The van der Waals surface area contributed by atoms with Crippen LogP contribution in [0.25, 0.3) is 0 Å². The average molecular weight is 206 g/mol. The van der Waals surface area contributed by atoms with Crippen LogP contribution in [-0.4, -0.2) is 0 Å². The Morgan fingerprint density at radius 1 is 0.933 bits per heavy atom. The number of nitrogens with two attached hydrogens (primary N) is 2. The molecule has 0 radical (unpaired) electrons. The monoisotopic (exact) mass is 206 g/mol. The second kappa shape index (κ2) is 4.56. The van der Waals surface area contributed by atoms with Crippen LogP contribution in [0, 0.1) is 11.8 Å². The molecule has 0 heterocycles. The van der Waals surface area contributed by atoms with E-state index < -0.39 is 0 Å². The maximum absolute atomic E-state index is 6.02. The molecule has 0 spiro atoms. The molecule has 2 nitrogen and oxygen atoms in total. The lowest BCUT2D eigenvalue weighted by atomic mass is 9.79. The van der Waals surface area contributed by atoms with Crippen LogP contribution >= 0.6 is 0 Å². The molecule has 0 fully saturated rings. The average Bonchev–Trinajstić information content (AvgIpc) is 2.08. The second-order valence-electron chi connectivity index (χ2n) is 4.90. The summed E-state index contributed by atoms with van der Waals surface area (Å²) in [5.74, 6) is 1.69. The van der Waals surface area contributed by atoms with Crippen molar-refractivity contribution < 1.29 is 0 Å². The highest BCUT2D eigenvalue weighted by Gasteiger charge is 2.21. The Morgan fingerprint density at radius 3 is 1.87 bits per heavy atom. The number of hydrogen-bond acceptors (Lipinski definition) is 2. The Hall–Kier alpha value is -1.18. The Labute approximate surface area is 92.7 Å². The molecule has 0 aliphatic heterocycles. The van der Waals surface area contributed by atoms with Crippen LogP contribution in [0.4, 0.5) is 11.4 Å². The van der Waals surface area contributed by atoms with Gasteiger partial charge in [-0.15, -0.1) is 0 Å². The second-order valence-corrected chi connectivity index (χ2v) is 4.90. The normalized spacial score (nSPS) is 11.7. The van der Waals surface area contributed by atoms with Crippen molar-refractivity contribution >= 4 is 11.4 Å². The minimum Gasteiger partial charge on any atom is -0.399 e. The van der Waals surface area contributed by atoms with Gasteiger partial charge in [0, 0.05) is 11.4 Å². The van der Waals surface area contributed by atoms with Crippen molar-refractivity contribution in [1.82, 2.24) is 0 Å². The summed E-state index contributed by atoms with van der Waals surface area (Å²) in [6.45, 7) is 8.95. The van der Waals surface area contributed by atoms with Crippen molar-refractivity contribution in [2.45, 2.75) is 33.6 Å². The molecule has 1 aromatic carbocycles. The van der Waals surface area contributed by atoms with Crippen LogP contribution in [0.1, 0.15) is 39.2 Å². The SMILES string of the molecule is CC(C)C(c1ccc(N)cc1N)C(C)C. The van der Waals surface area contributed by atoms with E-state index in [9.17, 15) is 0 Å². The molecule has 0 atom stereocenters. The molecule has 15 heavy (non-hydrogen) atoms. The smallest absolute Gasteiger partial charge is 0.0370 e. The fraction of sp³-hybridized carbons (Fsp3) is 0.538. The Bertz CT molecular complexity index is 321. The predicted octanol–water partition coefficient (Wildman–Crippen LogP) is 3.25. The maximum atomic E-state index is 6.02. The van der Waals surface area contributed by atoms with Gasteiger partial charge < -0.3 is 11.5 Å². The fourth-order valence-electron chi connectivity index (χ4n) is 2.38. The quantitative estimate of drug-likeness (QED) is 0.746. The molecule has 0 bridgehead atoms. The lowest BCUT2D eigenvalue weighted by molar-refractivity contribution is 0.389. The summed E-state index contributed by atoms with van der Waals surface area (Å²) in [7, 11) is 0. The van der Waals surface area contributed by atoms with Gasteiger partial charge in [0.15, 0.2) is 0 Å². The number of nitrogen functional groups attached to an aromatic ring is 2. The van der Waals surface area contributed by atoms with E-state index in [1.165, 1.54) is 5.56 Å². The minimum absolute atomic E-state index is 0.505. The number of hydrogen-bond donors (Lipinski definition) is 2. The lowest BCUT2D eigenvalue weighted by Gasteiger charge is -2.26. The number of rotatable bonds is 3. The molecule has 4 N–H and O–H groups in total. The fourth-order valence-corrected chi connectivity index (χ4v) is 2.38. The van der Waals surface area contributed by atoms with Gasteiger partial charge in [0.25, 0.3) is 0 Å². The molecule has 0 saturated heterocycles.